The monoisotopic (exact) mass is 390 g/mol. The van der Waals surface area contributed by atoms with Gasteiger partial charge in [-0.15, -0.1) is 0 Å². The summed E-state index contributed by atoms with van der Waals surface area (Å²) in [6.07, 6.45) is 1.88. The quantitative estimate of drug-likeness (QED) is 0.370. The highest BCUT2D eigenvalue weighted by Crippen LogP contribution is 2.32. The Bertz CT molecular complexity index is 1540. The van der Waals surface area contributed by atoms with E-state index in [1.165, 1.54) is 32.9 Å². The second kappa shape index (κ2) is 6.36. The minimum atomic E-state index is 0.951. The summed E-state index contributed by atoms with van der Waals surface area (Å²) in [4.78, 5) is 3.40. The summed E-state index contributed by atoms with van der Waals surface area (Å²) in [6, 6.07) is 26.1. The number of H-pyrrole nitrogens is 1. The van der Waals surface area contributed by atoms with Gasteiger partial charge in [-0.1, -0.05) is 24.3 Å². The third kappa shape index (κ3) is 2.43. The first-order chi connectivity index (χ1) is 14.7. The summed E-state index contributed by atoms with van der Waals surface area (Å²) in [7, 11) is 0. The van der Waals surface area contributed by atoms with E-state index in [0.717, 1.165) is 29.0 Å². The zero-order valence-electron chi connectivity index (χ0n) is 17.1. The molecule has 0 fully saturated rings. The van der Waals surface area contributed by atoms with E-state index in [1.807, 2.05) is 10.9 Å². The van der Waals surface area contributed by atoms with Crippen molar-refractivity contribution in [1.82, 2.24) is 19.3 Å². The van der Waals surface area contributed by atoms with Gasteiger partial charge in [-0.3, -0.25) is 0 Å². The van der Waals surface area contributed by atoms with Gasteiger partial charge in [0.1, 0.15) is 0 Å². The van der Waals surface area contributed by atoms with Gasteiger partial charge in [0.15, 0.2) is 0 Å². The fourth-order valence-corrected chi connectivity index (χ4v) is 4.68. The Balaban J connectivity index is 1.55. The molecule has 0 spiro atoms. The number of nitrogens with one attached hydrogen (secondary N) is 1. The molecule has 30 heavy (non-hydrogen) atoms. The molecule has 4 nitrogen and oxygen atoms in total. The maximum atomic E-state index is 4.66. The maximum Gasteiger partial charge on any atom is 0.0741 e. The molecule has 0 amide bonds. The summed E-state index contributed by atoms with van der Waals surface area (Å²) in [5.74, 6) is 0. The molecule has 0 saturated carbocycles. The van der Waals surface area contributed by atoms with E-state index in [4.69, 9.17) is 0 Å². The lowest BCUT2D eigenvalue weighted by atomic mass is 10.1. The first-order valence-corrected chi connectivity index (χ1v) is 10.4. The first-order valence-electron chi connectivity index (χ1n) is 10.4. The zero-order valence-corrected chi connectivity index (χ0v) is 17.1. The van der Waals surface area contributed by atoms with Crippen LogP contribution in [0.25, 0.3) is 49.7 Å². The van der Waals surface area contributed by atoms with Crippen molar-refractivity contribution in [3.05, 3.63) is 84.7 Å². The number of para-hydroxylation sites is 1. The molecule has 0 radical (unpaired) electrons. The van der Waals surface area contributed by atoms with Crippen LogP contribution in [0.1, 0.15) is 12.6 Å². The van der Waals surface area contributed by atoms with Crippen molar-refractivity contribution in [3.63, 3.8) is 0 Å². The van der Waals surface area contributed by atoms with Crippen molar-refractivity contribution < 1.29 is 0 Å². The van der Waals surface area contributed by atoms with E-state index >= 15 is 0 Å². The Hall–Kier alpha value is -3.79. The number of aryl methyl sites for hydroxylation is 2. The second-order valence-corrected chi connectivity index (χ2v) is 7.85. The normalized spacial score (nSPS) is 11.8. The summed E-state index contributed by atoms with van der Waals surface area (Å²) >= 11 is 0. The Labute approximate surface area is 174 Å². The summed E-state index contributed by atoms with van der Waals surface area (Å²) in [5.41, 5.74) is 8.21. The van der Waals surface area contributed by atoms with Crippen LogP contribution in [0, 0.1) is 6.92 Å². The molecular formula is C26H22N4. The molecule has 6 rings (SSSR count). The van der Waals surface area contributed by atoms with Crippen LogP contribution in [0.2, 0.25) is 0 Å². The maximum absolute atomic E-state index is 4.66. The van der Waals surface area contributed by atoms with Crippen LogP contribution in [0.3, 0.4) is 0 Å². The first kappa shape index (κ1) is 17.1. The molecule has 1 N–H and O–H groups in total. The van der Waals surface area contributed by atoms with Crippen molar-refractivity contribution in [1.29, 1.82) is 0 Å². The van der Waals surface area contributed by atoms with Gasteiger partial charge in [-0.25, -0.2) is 4.68 Å². The third-order valence-electron chi connectivity index (χ3n) is 6.01. The molecule has 3 heterocycles. The largest absolute Gasteiger partial charge is 0.359 e. The summed E-state index contributed by atoms with van der Waals surface area (Å²) < 4.78 is 4.42. The van der Waals surface area contributed by atoms with E-state index < -0.39 is 0 Å². The summed E-state index contributed by atoms with van der Waals surface area (Å²) in [5, 5.41) is 8.44. The topological polar surface area (TPSA) is 38.5 Å². The van der Waals surface area contributed by atoms with E-state index in [9.17, 15) is 0 Å². The van der Waals surface area contributed by atoms with Crippen molar-refractivity contribution >= 4 is 32.7 Å². The lowest BCUT2D eigenvalue weighted by Gasteiger charge is -2.09. The standard InChI is InChI=1S/C26H22N4/c1-3-29-25-7-5-4-6-21(25)22-16-20(9-11-26(22)29)30-24(12-13-27-30)18-8-10-23-19(15-18)14-17(2)28-23/h4-16,28H,3H2,1-2H3. The van der Waals surface area contributed by atoms with Gasteiger partial charge in [0.2, 0.25) is 0 Å². The molecule has 3 aromatic heterocycles. The average Bonchev–Trinajstić information content (AvgIpc) is 3.47. The zero-order chi connectivity index (χ0) is 20.2. The molecule has 4 heteroatoms. The molecule has 3 aromatic carbocycles. The Morgan fingerprint density at radius 3 is 2.63 bits per heavy atom. The molecule has 0 atom stereocenters. The molecule has 0 aliphatic rings. The molecule has 0 saturated heterocycles. The van der Waals surface area contributed by atoms with Gasteiger partial charge < -0.3 is 9.55 Å². The minimum absolute atomic E-state index is 0.951. The van der Waals surface area contributed by atoms with Gasteiger partial charge in [0, 0.05) is 50.5 Å². The fourth-order valence-electron chi connectivity index (χ4n) is 4.68. The van der Waals surface area contributed by atoms with Crippen LogP contribution < -0.4 is 0 Å². The average molecular weight is 390 g/mol. The van der Waals surface area contributed by atoms with Gasteiger partial charge in [-0.05, 0) is 62.4 Å². The smallest absolute Gasteiger partial charge is 0.0741 e. The lowest BCUT2D eigenvalue weighted by Crippen LogP contribution is -1.99. The number of hydrogen-bond donors (Lipinski definition) is 1. The highest BCUT2D eigenvalue weighted by Gasteiger charge is 2.13. The van der Waals surface area contributed by atoms with Gasteiger partial charge in [0.25, 0.3) is 0 Å². The number of fused-ring (bicyclic) bond motifs is 4. The van der Waals surface area contributed by atoms with Crippen molar-refractivity contribution in [2.24, 2.45) is 0 Å². The number of nitrogens with zero attached hydrogens (tertiary/aromatic N) is 3. The van der Waals surface area contributed by atoms with Gasteiger partial charge >= 0.3 is 0 Å². The van der Waals surface area contributed by atoms with Crippen LogP contribution in [0.15, 0.2) is 79.0 Å². The van der Waals surface area contributed by atoms with Crippen molar-refractivity contribution in [2.45, 2.75) is 20.4 Å². The highest BCUT2D eigenvalue weighted by atomic mass is 15.3. The lowest BCUT2D eigenvalue weighted by molar-refractivity contribution is 0.826. The van der Waals surface area contributed by atoms with Crippen LogP contribution in [-0.2, 0) is 6.54 Å². The fraction of sp³-hybridized carbons (Fsp3) is 0.115. The Morgan fingerprint density at radius 2 is 1.73 bits per heavy atom. The molecule has 6 aromatic rings. The molecule has 0 aliphatic carbocycles. The molecule has 0 aliphatic heterocycles. The van der Waals surface area contributed by atoms with E-state index in [1.54, 1.807) is 0 Å². The third-order valence-corrected chi connectivity index (χ3v) is 6.01. The van der Waals surface area contributed by atoms with Crippen molar-refractivity contribution in [3.8, 4) is 16.9 Å². The van der Waals surface area contributed by atoms with Crippen molar-refractivity contribution in [2.75, 3.05) is 0 Å². The van der Waals surface area contributed by atoms with Gasteiger partial charge in [-0.2, -0.15) is 5.10 Å². The molecular weight excluding hydrogens is 368 g/mol. The molecule has 0 bridgehead atoms. The SMILES string of the molecule is CCn1c2ccccc2c2cc(-n3nccc3-c3ccc4[nH]c(C)cc4c3)ccc21. The predicted molar refractivity (Wildman–Crippen MR) is 124 cm³/mol. The predicted octanol–water partition coefficient (Wildman–Crippen LogP) is 6.46. The van der Waals surface area contributed by atoms with Crippen LogP contribution in [-0.4, -0.2) is 19.3 Å². The van der Waals surface area contributed by atoms with Crippen LogP contribution >= 0.6 is 0 Å². The van der Waals surface area contributed by atoms with E-state index in [-0.39, 0.29) is 0 Å². The number of aromatic amines is 1. The molecule has 146 valence electrons. The van der Waals surface area contributed by atoms with Crippen LogP contribution in [0.4, 0.5) is 0 Å². The number of rotatable bonds is 3. The van der Waals surface area contributed by atoms with Crippen LogP contribution in [0.5, 0.6) is 0 Å². The molecule has 0 unspecified atom stereocenters. The number of hydrogen-bond acceptors (Lipinski definition) is 1. The van der Waals surface area contributed by atoms with E-state index in [0.29, 0.717) is 0 Å². The second-order valence-electron chi connectivity index (χ2n) is 7.85. The highest BCUT2D eigenvalue weighted by molar-refractivity contribution is 6.08. The number of aromatic nitrogens is 4. The number of benzene rings is 3. The minimum Gasteiger partial charge on any atom is -0.359 e. The van der Waals surface area contributed by atoms with Gasteiger partial charge in [0.05, 0.1) is 17.6 Å². The summed E-state index contributed by atoms with van der Waals surface area (Å²) in [6.45, 7) is 5.24. The Kier molecular flexibility index (Phi) is 3.62. The Morgan fingerprint density at radius 1 is 0.867 bits per heavy atom. The van der Waals surface area contributed by atoms with E-state index in [2.05, 4.69) is 101 Å².